The monoisotopic (exact) mass is 483 g/mol. The number of ether oxygens (including phenoxy) is 1. The molecule has 0 aliphatic carbocycles. The maximum absolute atomic E-state index is 12.5. The van der Waals surface area contributed by atoms with Gasteiger partial charge in [-0.3, -0.25) is 14.9 Å². The average molecular weight is 484 g/mol. The highest BCUT2D eigenvalue weighted by molar-refractivity contribution is 9.10. The second kappa shape index (κ2) is 9.99. The van der Waals surface area contributed by atoms with E-state index in [1.54, 1.807) is 18.2 Å². The van der Waals surface area contributed by atoms with E-state index >= 15 is 0 Å². The van der Waals surface area contributed by atoms with Gasteiger partial charge >= 0.3 is 0 Å². The summed E-state index contributed by atoms with van der Waals surface area (Å²) in [6.45, 7) is 6.49. The standard InChI is InChI=1S/C19H22BrN3O3S2/c1-4-8-26-14-7-6-11(9-13(14)20)17(25)22-19(27)23-18-15(16(21)24)12(5-2)10(3)28-18/h6-7,9H,4-5,8H2,1-3H3,(H2,21,24)(H2,22,23,25,27). The molecule has 0 unspecified atom stereocenters. The van der Waals surface area contributed by atoms with Gasteiger partial charge in [0.25, 0.3) is 11.8 Å². The largest absolute Gasteiger partial charge is 0.492 e. The van der Waals surface area contributed by atoms with Crippen LogP contribution in [0.3, 0.4) is 0 Å². The minimum atomic E-state index is -0.524. The van der Waals surface area contributed by atoms with Crippen molar-refractivity contribution in [3.63, 3.8) is 0 Å². The van der Waals surface area contributed by atoms with Crippen molar-refractivity contribution in [3.8, 4) is 5.75 Å². The Morgan fingerprint density at radius 3 is 2.61 bits per heavy atom. The Balaban J connectivity index is 2.10. The number of nitrogens with one attached hydrogen (secondary N) is 2. The van der Waals surface area contributed by atoms with Gasteiger partial charge in [0.05, 0.1) is 16.6 Å². The van der Waals surface area contributed by atoms with Crippen LogP contribution in [0.15, 0.2) is 22.7 Å². The number of thiophene rings is 1. The minimum Gasteiger partial charge on any atom is -0.492 e. The Labute approximate surface area is 182 Å². The minimum absolute atomic E-state index is 0.0961. The number of amides is 2. The van der Waals surface area contributed by atoms with Gasteiger partial charge in [-0.15, -0.1) is 11.3 Å². The maximum Gasteiger partial charge on any atom is 0.257 e. The van der Waals surface area contributed by atoms with E-state index in [9.17, 15) is 9.59 Å². The van der Waals surface area contributed by atoms with Crippen LogP contribution in [-0.2, 0) is 6.42 Å². The second-order valence-corrected chi connectivity index (χ2v) is 8.45. The predicted molar refractivity (Wildman–Crippen MR) is 121 cm³/mol. The van der Waals surface area contributed by atoms with Crippen LogP contribution in [0.2, 0.25) is 0 Å². The van der Waals surface area contributed by atoms with E-state index in [-0.39, 0.29) is 11.0 Å². The third-order valence-corrected chi connectivity index (χ3v) is 5.81. The molecule has 0 spiro atoms. The number of halogens is 1. The average Bonchev–Trinajstić information content (AvgIpc) is 2.95. The fraction of sp³-hybridized carbons (Fsp3) is 0.316. The SMILES string of the molecule is CCCOc1ccc(C(=O)NC(=S)Nc2sc(C)c(CC)c2C(N)=O)cc1Br. The summed E-state index contributed by atoms with van der Waals surface area (Å²) in [4.78, 5) is 25.3. The molecule has 2 rings (SSSR count). The van der Waals surface area contributed by atoms with Crippen LogP contribution in [0.5, 0.6) is 5.75 Å². The molecule has 1 aromatic heterocycles. The molecule has 0 radical (unpaired) electrons. The van der Waals surface area contributed by atoms with Gasteiger partial charge in [-0.05, 0) is 71.7 Å². The lowest BCUT2D eigenvalue weighted by atomic mass is 10.1. The van der Waals surface area contributed by atoms with Gasteiger partial charge in [0.2, 0.25) is 0 Å². The third-order valence-electron chi connectivity index (χ3n) is 3.92. The van der Waals surface area contributed by atoms with E-state index in [1.165, 1.54) is 11.3 Å². The Morgan fingerprint density at radius 2 is 2.04 bits per heavy atom. The highest BCUT2D eigenvalue weighted by atomic mass is 79.9. The van der Waals surface area contributed by atoms with E-state index < -0.39 is 5.91 Å². The zero-order valence-electron chi connectivity index (χ0n) is 15.8. The molecule has 0 atom stereocenters. The number of hydrogen-bond acceptors (Lipinski definition) is 5. The first-order chi connectivity index (χ1) is 13.3. The molecular formula is C19H22BrN3O3S2. The molecule has 9 heteroatoms. The zero-order chi connectivity index (χ0) is 20.8. The van der Waals surface area contributed by atoms with Gasteiger partial charge in [-0.1, -0.05) is 13.8 Å². The Morgan fingerprint density at radius 1 is 1.32 bits per heavy atom. The van der Waals surface area contributed by atoms with Crippen LogP contribution in [0.4, 0.5) is 5.00 Å². The van der Waals surface area contributed by atoms with Crippen LogP contribution >= 0.6 is 39.5 Å². The molecule has 1 aromatic carbocycles. The summed E-state index contributed by atoms with van der Waals surface area (Å²) in [5, 5.41) is 6.18. The van der Waals surface area contributed by atoms with Crippen molar-refractivity contribution >= 4 is 61.4 Å². The normalized spacial score (nSPS) is 10.4. The van der Waals surface area contributed by atoms with E-state index in [0.717, 1.165) is 16.9 Å². The summed E-state index contributed by atoms with van der Waals surface area (Å²) in [6.07, 6.45) is 1.58. The number of primary amides is 1. The number of aryl methyl sites for hydroxylation is 1. The van der Waals surface area contributed by atoms with E-state index in [4.69, 9.17) is 22.7 Å². The molecule has 150 valence electrons. The number of carbonyl (C=O) groups is 2. The Bertz CT molecular complexity index is 912. The van der Waals surface area contributed by atoms with Gasteiger partial charge in [-0.2, -0.15) is 0 Å². The first kappa shape index (κ1) is 22.3. The van der Waals surface area contributed by atoms with Gasteiger partial charge in [-0.25, -0.2) is 0 Å². The highest BCUT2D eigenvalue weighted by Gasteiger charge is 2.20. The van der Waals surface area contributed by atoms with Crippen molar-refractivity contribution in [2.45, 2.75) is 33.6 Å². The molecule has 0 saturated carbocycles. The molecular weight excluding hydrogens is 462 g/mol. The van der Waals surface area contributed by atoms with Crippen molar-refractivity contribution < 1.29 is 14.3 Å². The number of carbonyl (C=O) groups excluding carboxylic acids is 2. The summed E-state index contributed by atoms with van der Waals surface area (Å²) in [7, 11) is 0. The molecule has 0 aliphatic heterocycles. The Kier molecular flexibility index (Phi) is 7.97. The van der Waals surface area contributed by atoms with Crippen LogP contribution in [0.1, 0.15) is 51.4 Å². The van der Waals surface area contributed by atoms with E-state index in [2.05, 4.69) is 26.6 Å². The first-order valence-corrected chi connectivity index (χ1v) is 10.8. The molecule has 0 fully saturated rings. The molecule has 2 aromatic rings. The Hall–Kier alpha value is -1.97. The molecule has 0 bridgehead atoms. The molecule has 0 saturated heterocycles. The van der Waals surface area contributed by atoms with Gasteiger partial charge in [0, 0.05) is 10.4 Å². The van der Waals surface area contributed by atoms with Crippen molar-refractivity contribution in [1.29, 1.82) is 0 Å². The zero-order valence-corrected chi connectivity index (χ0v) is 19.1. The number of rotatable bonds is 7. The fourth-order valence-electron chi connectivity index (χ4n) is 2.63. The number of thiocarbonyl (C=S) groups is 1. The first-order valence-electron chi connectivity index (χ1n) is 8.75. The molecule has 0 aliphatic rings. The summed E-state index contributed by atoms with van der Waals surface area (Å²) in [5.74, 6) is -0.222. The van der Waals surface area contributed by atoms with Crippen LogP contribution in [-0.4, -0.2) is 23.5 Å². The van der Waals surface area contributed by atoms with Crippen molar-refractivity contribution in [1.82, 2.24) is 5.32 Å². The smallest absolute Gasteiger partial charge is 0.257 e. The van der Waals surface area contributed by atoms with Crippen molar-refractivity contribution in [2.24, 2.45) is 5.73 Å². The van der Waals surface area contributed by atoms with E-state index in [0.29, 0.717) is 39.4 Å². The summed E-state index contributed by atoms with van der Waals surface area (Å²) in [6, 6.07) is 5.06. The lowest BCUT2D eigenvalue weighted by molar-refractivity contribution is 0.0975. The molecule has 1 heterocycles. The van der Waals surface area contributed by atoms with Gasteiger partial charge < -0.3 is 15.8 Å². The van der Waals surface area contributed by atoms with E-state index in [1.807, 2.05) is 20.8 Å². The number of benzene rings is 1. The predicted octanol–water partition coefficient (Wildman–Crippen LogP) is 4.40. The van der Waals surface area contributed by atoms with Crippen LogP contribution < -0.4 is 21.1 Å². The summed E-state index contributed by atoms with van der Waals surface area (Å²) < 4.78 is 6.27. The lowest BCUT2D eigenvalue weighted by Gasteiger charge is -2.11. The molecule has 28 heavy (non-hydrogen) atoms. The second-order valence-electron chi connectivity index (χ2n) is 5.96. The van der Waals surface area contributed by atoms with Crippen LogP contribution in [0, 0.1) is 6.92 Å². The summed E-state index contributed by atoms with van der Waals surface area (Å²) in [5.41, 5.74) is 7.25. The van der Waals surface area contributed by atoms with Crippen molar-refractivity contribution in [3.05, 3.63) is 44.2 Å². The molecule has 2 amide bonds. The number of nitrogens with two attached hydrogens (primary N) is 1. The third kappa shape index (κ3) is 5.30. The van der Waals surface area contributed by atoms with Gasteiger partial charge in [0.15, 0.2) is 5.11 Å². The fourth-order valence-corrected chi connectivity index (χ4v) is 4.54. The van der Waals surface area contributed by atoms with Crippen molar-refractivity contribution in [2.75, 3.05) is 11.9 Å². The quantitative estimate of drug-likeness (QED) is 0.507. The maximum atomic E-state index is 12.5. The van der Waals surface area contributed by atoms with Gasteiger partial charge in [0.1, 0.15) is 10.8 Å². The molecule has 6 nitrogen and oxygen atoms in total. The molecule has 4 N–H and O–H groups in total. The topological polar surface area (TPSA) is 93.4 Å². The van der Waals surface area contributed by atoms with Crippen LogP contribution in [0.25, 0.3) is 0 Å². The summed E-state index contributed by atoms with van der Waals surface area (Å²) >= 11 is 10.0. The highest BCUT2D eigenvalue weighted by Crippen LogP contribution is 2.33. The number of anilines is 1. The number of hydrogen-bond donors (Lipinski definition) is 3. The lowest BCUT2D eigenvalue weighted by Crippen LogP contribution is -2.34.